The average molecular weight is 272 g/mol. The maximum absolute atomic E-state index is 11.4. The summed E-state index contributed by atoms with van der Waals surface area (Å²) in [4.78, 5) is 13.5. The zero-order valence-corrected chi connectivity index (χ0v) is 11.0. The van der Waals surface area contributed by atoms with Crippen LogP contribution in [0.15, 0.2) is 24.3 Å². The van der Waals surface area contributed by atoms with Crippen LogP contribution in [0, 0.1) is 0 Å². The number of aromatic nitrogens is 2. The van der Waals surface area contributed by atoms with Gasteiger partial charge in [-0.2, -0.15) is 0 Å². The van der Waals surface area contributed by atoms with E-state index in [0.717, 1.165) is 43.5 Å². The van der Waals surface area contributed by atoms with Gasteiger partial charge in [-0.1, -0.05) is 18.2 Å². The van der Waals surface area contributed by atoms with Gasteiger partial charge < -0.3 is 15.3 Å². The van der Waals surface area contributed by atoms with Crippen molar-refractivity contribution >= 4 is 22.6 Å². The molecule has 0 saturated carbocycles. The van der Waals surface area contributed by atoms with Crippen molar-refractivity contribution in [3.05, 3.63) is 30.0 Å². The summed E-state index contributed by atoms with van der Waals surface area (Å²) in [6.07, 6.45) is 0.982. The Morgan fingerprint density at radius 3 is 2.90 bits per heavy atom. The minimum absolute atomic E-state index is 0.0330. The average Bonchev–Trinajstić information content (AvgIpc) is 2.74. The largest absolute Gasteiger partial charge is 0.476 e. The number of rotatable bonds is 2. The molecule has 0 spiro atoms. The zero-order valence-electron chi connectivity index (χ0n) is 11.0. The summed E-state index contributed by atoms with van der Waals surface area (Å²) in [5, 5.41) is 21.5. The molecule has 104 valence electrons. The van der Waals surface area contributed by atoms with Crippen LogP contribution in [0.3, 0.4) is 0 Å². The maximum atomic E-state index is 11.4. The van der Waals surface area contributed by atoms with E-state index in [1.54, 1.807) is 0 Å². The quantitative estimate of drug-likeness (QED) is 0.853. The minimum Gasteiger partial charge on any atom is -0.476 e. The van der Waals surface area contributed by atoms with Gasteiger partial charge in [-0.3, -0.25) is 0 Å². The fourth-order valence-electron chi connectivity index (χ4n) is 2.57. The zero-order chi connectivity index (χ0) is 13.9. The molecule has 6 heteroatoms. The summed E-state index contributed by atoms with van der Waals surface area (Å²) in [6, 6.07) is 7.54. The van der Waals surface area contributed by atoms with Crippen LogP contribution >= 0.6 is 0 Å². The highest BCUT2D eigenvalue weighted by atomic mass is 16.4. The van der Waals surface area contributed by atoms with Crippen LogP contribution in [0.2, 0.25) is 0 Å². The molecule has 2 heterocycles. The molecule has 3 rings (SSSR count). The normalized spacial score (nSPS) is 16.1. The van der Waals surface area contributed by atoms with Crippen molar-refractivity contribution in [2.24, 2.45) is 0 Å². The van der Waals surface area contributed by atoms with Gasteiger partial charge in [-0.25, -0.2) is 4.79 Å². The fraction of sp³-hybridized carbons (Fsp3) is 0.357. The number of carboxylic acid groups (broad SMARTS) is 1. The Kier molecular flexibility index (Phi) is 3.47. The Morgan fingerprint density at radius 2 is 2.05 bits per heavy atom. The van der Waals surface area contributed by atoms with E-state index in [9.17, 15) is 9.90 Å². The number of fused-ring (bicyclic) bond motifs is 1. The lowest BCUT2D eigenvalue weighted by molar-refractivity contribution is 0.0690. The monoisotopic (exact) mass is 272 g/mol. The Balaban J connectivity index is 2.18. The van der Waals surface area contributed by atoms with Gasteiger partial charge in [0.05, 0.1) is 11.2 Å². The van der Waals surface area contributed by atoms with Crippen LogP contribution in [0.5, 0.6) is 0 Å². The Hall–Kier alpha value is -2.21. The van der Waals surface area contributed by atoms with Gasteiger partial charge in [-0.15, -0.1) is 10.2 Å². The molecule has 0 amide bonds. The van der Waals surface area contributed by atoms with Gasteiger partial charge in [0.15, 0.2) is 5.69 Å². The number of hydrogen-bond acceptors (Lipinski definition) is 5. The van der Waals surface area contributed by atoms with Crippen LogP contribution < -0.4 is 10.2 Å². The third-order valence-corrected chi connectivity index (χ3v) is 3.50. The summed E-state index contributed by atoms with van der Waals surface area (Å²) < 4.78 is 0. The minimum atomic E-state index is -1.03. The summed E-state index contributed by atoms with van der Waals surface area (Å²) in [6.45, 7) is 3.39. The van der Waals surface area contributed by atoms with E-state index in [4.69, 9.17) is 0 Å². The molecule has 0 aliphatic carbocycles. The number of carbonyl (C=O) groups is 1. The molecule has 1 fully saturated rings. The third kappa shape index (κ3) is 2.30. The molecule has 2 N–H and O–H groups in total. The van der Waals surface area contributed by atoms with Crippen LogP contribution in [0.1, 0.15) is 16.9 Å². The van der Waals surface area contributed by atoms with E-state index in [2.05, 4.69) is 20.4 Å². The number of anilines is 1. The molecule has 6 nitrogen and oxygen atoms in total. The van der Waals surface area contributed by atoms with Crippen LogP contribution in [0.25, 0.3) is 10.9 Å². The van der Waals surface area contributed by atoms with E-state index < -0.39 is 5.97 Å². The van der Waals surface area contributed by atoms with Crippen molar-refractivity contribution in [3.8, 4) is 0 Å². The van der Waals surface area contributed by atoms with Gasteiger partial charge in [-0.05, 0) is 19.0 Å². The fourth-order valence-corrected chi connectivity index (χ4v) is 2.57. The van der Waals surface area contributed by atoms with Gasteiger partial charge >= 0.3 is 5.97 Å². The number of carboxylic acids is 1. The van der Waals surface area contributed by atoms with E-state index in [-0.39, 0.29) is 5.69 Å². The molecule has 0 atom stereocenters. The molecule has 2 aromatic rings. The molecule has 1 aromatic carbocycles. The summed E-state index contributed by atoms with van der Waals surface area (Å²) in [5.41, 5.74) is 1.45. The van der Waals surface area contributed by atoms with Crippen molar-refractivity contribution in [2.45, 2.75) is 6.42 Å². The number of nitrogens with zero attached hydrogens (tertiary/aromatic N) is 3. The first-order valence-electron chi connectivity index (χ1n) is 6.72. The second kappa shape index (κ2) is 5.42. The van der Waals surface area contributed by atoms with Crippen molar-refractivity contribution in [1.29, 1.82) is 0 Å². The lowest BCUT2D eigenvalue weighted by atomic mass is 10.1. The second-order valence-corrected chi connectivity index (χ2v) is 4.81. The number of nitrogens with one attached hydrogen (secondary N) is 1. The van der Waals surface area contributed by atoms with Crippen molar-refractivity contribution in [3.63, 3.8) is 0 Å². The topological polar surface area (TPSA) is 78.3 Å². The maximum Gasteiger partial charge on any atom is 0.358 e. The van der Waals surface area contributed by atoms with Crippen LogP contribution in [0.4, 0.5) is 5.69 Å². The second-order valence-electron chi connectivity index (χ2n) is 4.81. The van der Waals surface area contributed by atoms with E-state index >= 15 is 0 Å². The smallest absolute Gasteiger partial charge is 0.358 e. The number of benzene rings is 1. The molecule has 0 unspecified atom stereocenters. The van der Waals surface area contributed by atoms with Gasteiger partial charge in [0, 0.05) is 25.0 Å². The lowest BCUT2D eigenvalue weighted by Gasteiger charge is -2.24. The predicted molar refractivity (Wildman–Crippen MR) is 76.2 cm³/mol. The Labute approximate surface area is 116 Å². The van der Waals surface area contributed by atoms with Crippen molar-refractivity contribution < 1.29 is 9.90 Å². The van der Waals surface area contributed by atoms with Crippen molar-refractivity contribution in [1.82, 2.24) is 15.5 Å². The van der Waals surface area contributed by atoms with E-state index in [1.165, 1.54) is 0 Å². The van der Waals surface area contributed by atoms with Crippen molar-refractivity contribution in [2.75, 3.05) is 31.1 Å². The Morgan fingerprint density at radius 1 is 1.20 bits per heavy atom. The van der Waals surface area contributed by atoms with Gasteiger partial charge in [0.1, 0.15) is 0 Å². The molecule has 1 aromatic heterocycles. The molecule has 1 saturated heterocycles. The SMILES string of the molecule is O=C(O)c1nnc2ccccc2c1N1CCCNCC1. The molecule has 20 heavy (non-hydrogen) atoms. The summed E-state index contributed by atoms with van der Waals surface area (Å²) in [5.74, 6) is -1.03. The summed E-state index contributed by atoms with van der Waals surface area (Å²) >= 11 is 0. The van der Waals surface area contributed by atoms with Crippen LogP contribution in [-0.2, 0) is 0 Å². The molecular weight excluding hydrogens is 256 g/mol. The molecule has 1 aliphatic heterocycles. The standard InChI is InChI=1S/C14H16N4O2/c19-14(20)12-13(18-8-3-6-15-7-9-18)10-4-1-2-5-11(10)16-17-12/h1-2,4-5,15H,3,6-9H2,(H,19,20). The van der Waals surface area contributed by atoms with Gasteiger partial charge in [0.2, 0.25) is 0 Å². The van der Waals surface area contributed by atoms with Gasteiger partial charge in [0.25, 0.3) is 0 Å². The third-order valence-electron chi connectivity index (χ3n) is 3.50. The highest BCUT2D eigenvalue weighted by Crippen LogP contribution is 2.28. The number of aromatic carboxylic acids is 1. The highest BCUT2D eigenvalue weighted by Gasteiger charge is 2.22. The predicted octanol–water partition coefficient (Wildman–Crippen LogP) is 1.13. The molecular formula is C14H16N4O2. The van der Waals surface area contributed by atoms with E-state index in [1.807, 2.05) is 24.3 Å². The Bertz CT molecular complexity index is 636. The highest BCUT2D eigenvalue weighted by molar-refractivity contribution is 6.02. The lowest BCUT2D eigenvalue weighted by Crippen LogP contribution is -2.30. The van der Waals surface area contributed by atoms with Crippen LogP contribution in [-0.4, -0.2) is 47.5 Å². The molecule has 0 bridgehead atoms. The molecule has 0 radical (unpaired) electrons. The number of hydrogen-bond donors (Lipinski definition) is 2. The first-order chi connectivity index (χ1) is 9.77. The first-order valence-corrected chi connectivity index (χ1v) is 6.72. The molecule has 1 aliphatic rings. The summed E-state index contributed by atoms with van der Waals surface area (Å²) in [7, 11) is 0. The van der Waals surface area contributed by atoms with E-state index in [0.29, 0.717) is 5.69 Å². The first kappa shape index (κ1) is 12.8.